The van der Waals surface area contributed by atoms with Gasteiger partial charge in [-0.15, -0.1) is 0 Å². The summed E-state index contributed by atoms with van der Waals surface area (Å²) in [6.45, 7) is 2.83. The number of fused-ring (bicyclic) bond motifs is 1. The fourth-order valence-electron chi connectivity index (χ4n) is 6.76. The number of alkyl halides is 3. The molecule has 2 aliphatic heterocycles. The fraction of sp³-hybridized carbons (Fsp3) is 0.485. The molecular weight excluding hydrogens is 590 g/mol. The molecule has 0 atom stereocenters. The molecule has 1 aromatic heterocycles. The Balaban J connectivity index is 1.16. The van der Waals surface area contributed by atoms with Crippen LogP contribution in [0.2, 0.25) is 0 Å². The first-order valence-electron chi connectivity index (χ1n) is 15.2. The summed E-state index contributed by atoms with van der Waals surface area (Å²) in [6.07, 6.45) is -0.270. The quantitative estimate of drug-likeness (QED) is 0.235. The molecule has 1 amide bonds. The smallest absolute Gasteiger partial charge is 0.406 e. The lowest BCUT2D eigenvalue weighted by atomic mass is 9.75. The number of carbonyl (C=O) groups is 1. The van der Waals surface area contributed by atoms with Crippen molar-refractivity contribution in [3.05, 3.63) is 53.5 Å². The summed E-state index contributed by atoms with van der Waals surface area (Å²) in [5.41, 5.74) is 1.96. The van der Waals surface area contributed by atoms with Crippen molar-refractivity contribution in [1.82, 2.24) is 14.8 Å². The molecule has 8 nitrogen and oxygen atoms in total. The van der Waals surface area contributed by atoms with Crippen LogP contribution in [0, 0.1) is 23.1 Å². The van der Waals surface area contributed by atoms with Gasteiger partial charge in [0.05, 0.1) is 49.3 Å². The van der Waals surface area contributed by atoms with E-state index in [1.54, 1.807) is 18.2 Å². The molecule has 1 aliphatic carbocycles. The summed E-state index contributed by atoms with van der Waals surface area (Å²) in [5.74, 6) is 4.62. The molecule has 12 heteroatoms. The second kappa shape index (κ2) is 12.4. The van der Waals surface area contributed by atoms with Crippen LogP contribution in [-0.2, 0) is 11.3 Å². The Morgan fingerprint density at radius 1 is 1.11 bits per heavy atom. The molecule has 1 spiro atoms. The van der Waals surface area contributed by atoms with Gasteiger partial charge in [-0.2, -0.15) is 13.2 Å². The summed E-state index contributed by atoms with van der Waals surface area (Å²) in [5, 5.41) is 9.60. The predicted molar refractivity (Wildman–Crippen MR) is 164 cm³/mol. The van der Waals surface area contributed by atoms with Gasteiger partial charge in [0, 0.05) is 54.8 Å². The van der Waals surface area contributed by atoms with Crippen LogP contribution in [0.5, 0.6) is 5.75 Å². The number of likely N-dealkylation sites (tertiary alicyclic amines) is 1. The third-order valence-electron chi connectivity index (χ3n) is 9.09. The number of nitrogens with zero attached hydrogens (tertiary/aromatic N) is 2. The summed E-state index contributed by atoms with van der Waals surface area (Å²) in [4.78, 5) is 14.5. The minimum Gasteiger partial charge on any atom is -0.495 e. The zero-order chi connectivity index (χ0) is 31.8. The maximum atomic E-state index is 14.5. The molecule has 3 aliphatic rings. The highest BCUT2D eigenvalue weighted by Gasteiger charge is 2.50. The van der Waals surface area contributed by atoms with Crippen molar-refractivity contribution in [2.75, 3.05) is 57.6 Å². The SMILES string of the molecule is CNC(=O)c1cc(OC)c(NCC#Cc2cc3c(NC4CCC(N5CC6(COC6)C5)CC4)cccc3n2CC(F)(F)F)cc1F. The lowest BCUT2D eigenvalue weighted by Crippen LogP contribution is -2.68. The summed E-state index contributed by atoms with van der Waals surface area (Å²) < 4.78 is 67.4. The van der Waals surface area contributed by atoms with E-state index in [4.69, 9.17) is 9.47 Å². The van der Waals surface area contributed by atoms with Gasteiger partial charge in [-0.05, 0) is 55.9 Å². The number of rotatable bonds is 8. The summed E-state index contributed by atoms with van der Waals surface area (Å²) in [7, 11) is 2.78. The number of benzene rings is 2. The second-order valence-corrected chi connectivity index (χ2v) is 12.3. The molecule has 0 radical (unpaired) electrons. The van der Waals surface area contributed by atoms with Crippen LogP contribution in [0.15, 0.2) is 36.4 Å². The van der Waals surface area contributed by atoms with Crippen molar-refractivity contribution in [3.63, 3.8) is 0 Å². The van der Waals surface area contributed by atoms with Crippen molar-refractivity contribution in [2.24, 2.45) is 5.41 Å². The van der Waals surface area contributed by atoms with Crippen LogP contribution in [0.4, 0.5) is 28.9 Å². The van der Waals surface area contributed by atoms with Crippen molar-refractivity contribution < 1.29 is 31.8 Å². The third kappa shape index (κ3) is 6.56. The Hall–Kier alpha value is -3.95. The lowest BCUT2D eigenvalue weighted by molar-refractivity contribution is -0.200. The van der Waals surface area contributed by atoms with Gasteiger partial charge in [0.15, 0.2) is 0 Å². The van der Waals surface area contributed by atoms with E-state index in [1.807, 2.05) is 6.07 Å². The molecule has 45 heavy (non-hydrogen) atoms. The Labute approximate surface area is 259 Å². The van der Waals surface area contributed by atoms with Crippen LogP contribution in [0.1, 0.15) is 41.7 Å². The van der Waals surface area contributed by atoms with Gasteiger partial charge in [0.1, 0.15) is 18.1 Å². The monoisotopic (exact) mass is 627 g/mol. The molecule has 2 saturated heterocycles. The maximum absolute atomic E-state index is 14.5. The van der Waals surface area contributed by atoms with E-state index in [2.05, 4.69) is 32.7 Å². The molecule has 3 N–H and O–H groups in total. The number of ether oxygens (including phenoxy) is 2. The topological polar surface area (TPSA) is 79.8 Å². The molecule has 240 valence electrons. The first-order valence-corrected chi connectivity index (χ1v) is 15.2. The number of amides is 1. The molecule has 6 rings (SSSR count). The van der Waals surface area contributed by atoms with Gasteiger partial charge < -0.3 is 30.0 Å². The van der Waals surface area contributed by atoms with Crippen LogP contribution in [-0.4, -0.2) is 80.6 Å². The van der Waals surface area contributed by atoms with Crippen molar-refractivity contribution in [1.29, 1.82) is 0 Å². The predicted octanol–water partition coefficient (Wildman–Crippen LogP) is 5.23. The van der Waals surface area contributed by atoms with Gasteiger partial charge in [-0.3, -0.25) is 9.69 Å². The number of methoxy groups -OCH3 is 1. The molecule has 3 heterocycles. The average Bonchev–Trinajstić information content (AvgIpc) is 3.31. The van der Waals surface area contributed by atoms with E-state index >= 15 is 0 Å². The number of hydrogen-bond donors (Lipinski definition) is 3. The highest BCUT2D eigenvalue weighted by molar-refractivity contribution is 5.95. The van der Waals surface area contributed by atoms with Gasteiger partial charge in [0.25, 0.3) is 5.91 Å². The van der Waals surface area contributed by atoms with E-state index in [1.165, 1.54) is 24.8 Å². The molecular formula is C33H37F4N5O3. The number of anilines is 2. The maximum Gasteiger partial charge on any atom is 0.406 e. The normalized spacial score (nSPS) is 20.9. The van der Waals surface area contributed by atoms with E-state index in [9.17, 15) is 22.4 Å². The zero-order valence-corrected chi connectivity index (χ0v) is 25.3. The van der Waals surface area contributed by atoms with Gasteiger partial charge in [-0.1, -0.05) is 12.0 Å². The van der Waals surface area contributed by atoms with Crippen LogP contribution < -0.4 is 20.7 Å². The molecule has 3 aromatic rings. The fourth-order valence-corrected chi connectivity index (χ4v) is 6.76. The highest BCUT2D eigenvalue weighted by atomic mass is 19.4. The van der Waals surface area contributed by atoms with Crippen LogP contribution >= 0.6 is 0 Å². The number of aromatic nitrogens is 1. The largest absolute Gasteiger partial charge is 0.495 e. The van der Waals surface area contributed by atoms with Crippen molar-refractivity contribution >= 4 is 28.2 Å². The standard InChI is InChI=1S/C33H37F4N5O3/c1-38-31(43)24-14-30(44-2)28(15-26(24)34)39-12-4-5-23-13-25-27(6-3-7-29(25)42(23)18-33(35,36)37)40-21-8-10-22(11-9-21)41-16-32(17-41)19-45-20-32/h3,6-7,13-15,21-22,39-40H,8-12,16-20H2,1-2H3,(H,38,43). The first kappa shape index (κ1) is 31.0. The summed E-state index contributed by atoms with van der Waals surface area (Å²) in [6, 6.07) is 10.3. The number of halogens is 4. The number of hydrogen-bond acceptors (Lipinski definition) is 6. The molecule has 0 bridgehead atoms. The Kier molecular flexibility index (Phi) is 8.59. The highest BCUT2D eigenvalue weighted by Crippen LogP contribution is 2.41. The number of nitrogens with one attached hydrogen (secondary N) is 3. The van der Waals surface area contributed by atoms with E-state index in [0.717, 1.165) is 63.7 Å². The molecule has 0 unspecified atom stereocenters. The van der Waals surface area contributed by atoms with Gasteiger partial charge in [-0.25, -0.2) is 4.39 Å². The lowest BCUT2D eigenvalue weighted by Gasteiger charge is -2.58. The molecule has 1 saturated carbocycles. The Morgan fingerprint density at radius 3 is 2.51 bits per heavy atom. The van der Waals surface area contributed by atoms with Gasteiger partial charge >= 0.3 is 6.18 Å². The van der Waals surface area contributed by atoms with Gasteiger partial charge in [0.2, 0.25) is 0 Å². The number of carbonyl (C=O) groups excluding carboxylic acids is 1. The third-order valence-corrected chi connectivity index (χ3v) is 9.09. The average molecular weight is 628 g/mol. The Morgan fingerprint density at radius 2 is 1.87 bits per heavy atom. The second-order valence-electron chi connectivity index (χ2n) is 12.3. The van der Waals surface area contributed by atoms with Crippen molar-refractivity contribution in [3.8, 4) is 17.6 Å². The van der Waals surface area contributed by atoms with E-state index in [-0.39, 0.29) is 35.3 Å². The summed E-state index contributed by atoms with van der Waals surface area (Å²) >= 11 is 0. The van der Waals surface area contributed by atoms with Crippen LogP contribution in [0.25, 0.3) is 10.9 Å². The van der Waals surface area contributed by atoms with E-state index in [0.29, 0.717) is 22.4 Å². The molecule has 3 fully saturated rings. The van der Waals surface area contributed by atoms with E-state index < -0.39 is 24.4 Å². The van der Waals surface area contributed by atoms with Crippen LogP contribution in [0.3, 0.4) is 0 Å². The minimum absolute atomic E-state index is 0.00216. The molecule has 2 aromatic carbocycles. The minimum atomic E-state index is -4.44. The first-order chi connectivity index (χ1) is 21.6. The zero-order valence-electron chi connectivity index (χ0n) is 25.3. The van der Waals surface area contributed by atoms with Crippen molar-refractivity contribution in [2.45, 2.75) is 50.5 Å². The Bertz CT molecular complexity index is 1620.